The summed E-state index contributed by atoms with van der Waals surface area (Å²) in [6, 6.07) is 3.53. The van der Waals surface area contributed by atoms with Crippen molar-refractivity contribution in [3.8, 4) is 0 Å². The molecule has 0 spiro atoms. The number of nitrogens with one attached hydrogen (secondary N) is 1. The number of anilines is 1. The van der Waals surface area contributed by atoms with Crippen LogP contribution in [0.25, 0.3) is 0 Å². The van der Waals surface area contributed by atoms with Gasteiger partial charge in [0.25, 0.3) is 5.91 Å². The molecule has 0 aliphatic heterocycles. The maximum absolute atomic E-state index is 12.5. The number of hydrogen-bond acceptors (Lipinski definition) is 3. The molecule has 4 nitrogen and oxygen atoms in total. The molecule has 0 saturated heterocycles. The Kier molecular flexibility index (Phi) is 4.26. The van der Waals surface area contributed by atoms with Crippen molar-refractivity contribution < 1.29 is 18.0 Å². The quantitative estimate of drug-likeness (QED) is 0.886. The zero-order valence-corrected chi connectivity index (χ0v) is 12.3. The molecule has 0 fully saturated rings. The third-order valence-electron chi connectivity index (χ3n) is 2.60. The highest BCUT2D eigenvalue weighted by Crippen LogP contribution is 2.28. The SMILES string of the molecule is Cc1ncc(NC(=O)c2ccnc(C(F)(F)F)c2)cc1Br. The number of aryl methyl sites for hydroxylation is 1. The molecule has 8 heteroatoms. The number of aromatic nitrogens is 2. The van der Waals surface area contributed by atoms with Crippen LogP contribution in [0, 0.1) is 6.92 Å². The molecule has 2 rings (SSSR count). The van der Waals surface area contributed by atoms with E-state index in [0.29, 0.717) is 16.2 Å². The molecular formula is C13H9BrF3N3O. The molecule has 0 aliphatic carbocycles. The number of carbonyl (C=O) groups excluding carboxylic acids is 1. The Bertz CT molecular complexity index is 689. The predicted octanol–water partition coefficient (Wildman–Crippen LogP) is 3.82. The molecule has 0 aromatic carbocycles. The van der Waals surface area contributed by atoms with Gasteiger partial charge < -0.3 is 5.32 Å². The number of pyridine rings is 2. The molecule has 2 aromatic heterocycles. The van der Waals surface area contributed by atoms with Crippen molar-refractivity contribution in [2.45, 2.75) is 13.1 Å². The van der Waals surface area contributed by atoms with E-state index in [-0.39, 0.29) is 5.56 Å². The Hall–Kier alpha value is -1.96. The smallest absolute Gasteiger partial charge is 0.321 e. The van der Waals surface area contributed by atoms with Gasteiger partial charge in [0, 0.05) is 16.2 Å². The van der Waals surface area contributed by atoms with Crippen LogP contribution >= 0.6 is 15.9 Å². The van der Waals surface area contributed by atoms with Gasteiger partial charge in [0.2, 0.25) is 0 Å². The summed E-state index contributed by atoms with van der Waals surface area (Å²) in [5, 5.41) is 2.48. The first-order valence-electron chi connectivity index (χ1n) is 5.74. The summed E-state index contributed by atoms with van der Waals surface area (Å²) in [5.74, 6) is -0.666. The van der Waals surface area contributed by atoms with E-state index in [1.807, 2.05) is 0 Å². The van der Waals surface area contributed by atoms with Crippen LogP contribution in [0.4, 0.5) is 18.9 Å². The van der Waals surface area contributed by atoms with Gasteiger partial charge in [-0.15, -0.1) is 0 Å². The van der Waals surface area contributed by atoms with Crippen LogP contribution in [0.1, 0.15) is 21.7 Å². The monoisotopic (exact) mass is 359 g/mol. The van der Waals surface area contributed by atoms with E-state index < -0.39 is 17.8 Å². The van der Waals surface area contributed by atoms with Crippen molar-refractivity contribution in [3.63, 3.8) is 0 Å². The van der Waals surface area contributed by atoms with Crippen LogP contribution < -0.4 is 5.32 Å². The maximum atomic E-state index is 12.5. The highest BCUT2D eigenvalue weighted by Gasteiger charge is 2.32. The van der Waals surface area contributed by atoms with Gasteiger partial charge in [0.15, 0.2) is 0 Å². The Labute approximate surface area is 126 Å². The van der Waals surface area contributed by atoms with Crippen LogP contribution in [-0.4, -0.2) is 15.9 Å². The number of nitrogens with zero attached hydrogens (tertiary/aromatic N) is 2. The van der Waals surface area contributed by atoms with Crippen molar-refractivity contribution in [1.82, 2.24) is 9.97 Å². The Balaban J connectivity index is 2.22. The Morgan fingerprint density at radius 3 is 2.62 bits per heavy atom. The number of alkyl halides is 3. The van der Waals surface area contributed by atoms with Crippen LogP contribution in [0.2, 0.25) is 0 Å². The summed E-state index contributed by atoms with van der Waals surface area (Å²) in [6.45, 7) is 1.77. The first-order chi connectivity index (χ1) is 9.77. The van der Waals surface area contributed by atoms with Gasteiger partial charge in [0.1, 0.15) is 5.69 Å². The molecule has 0 aliphatic rings. The summed E-state index contributed by atoms with van der Waals surface area (Å²) >= 11 is 3.26. The van der Waals surface area contributed by atoms with Crippen LogP contribution in [0.5, 0.6) is 0 Å². The lowest BCUT2D eigenvalue weighted by molar-refractivity contribution is -0.141. The third-order valence-corrected chi connectivity index (χ3v) is 3.40. The van der Waals surface area contributed by atoms with Gasteiger partial charge in [-0.3, -0.25) is 14.8 Å². The van der Waals surface area contributed by atoms with Crippen molar-refractivity contribution in [3.05, 3.63) is 52.0 Å². The first-order valence-corrected chi connectivity index (χ1v) is 6.53. The number of hydrogen-bond donors (Lipinski definition) is 1. The van der Waals surface area contributed by atoms with Crippen LogP contribution in [0.3, 0.4) is 0 Å². The Morgan fingerprint density at radius 1 is 1.29 bits per heavy atom. The largest absolute Gasteiger partial charge is 0.433 e. The Morgan fingerprint density at radius 2 is 2.00 bits per heavy atom. The van der Waals surface area contributed by atoms with E-state index in [4.69, 9.17) is 0 Å². The average molecular weight is 360 g/mol. The summed E-state index contributed by atoms with van der Waals surface area (Å²) < 4.78 is 38.3. The zero-order chi connectivity index (χ0) is 15.6. The molecular weight excluding hydrogens is 351 g/mol. The zero-order valence-electron chi connectivity index (χ0n) is 10.7. The molecule has 110 valence electrons. The normalized spacial score (nSPS) is 11.3. The fourth-order valence-electron chi connectivity index (χ4n) is 1.50. The molecule has 1 N–H and O–H groups in total. The van der Waals surface area contributed by atoms with Gasteiger partial charge in [-0.2, -0.15) is 13.2 Å². The number of rotatable bonds is 2. The minimum absolute atomic E-state index is 0.131. The van der Waals surface area contributed by atoms with Crippen molar-refractivity contribution in [2.75, 3.05) is 5.32 Å². The van der Waals surface area contributed by atoms with E-state index in [1.54, 1.807) is 13.0 Å². The van der Waals surface area contributed by atoms with E-state index in [9.17, 15) is 18.0 Å². The minimum atomic E-state index is -4.59. The van der Waals surface area contributed by atoms with Gasteiger partial charge in [-0.1, -0.05) is 0 Å². The van der Waals surface area contributed by atoms with E-state index in [0.717, 1.165) is 11.9 Å². The molecule has 0 radical (unpaired) electrons. The predicted molar refractivity (Wildman–Crippen MR) is 73.9 cm³/mol. The third kappa shape index (κ3) is 3.78. The molecule has 2 heterocycles. The van der Waals surface area contributed by atoms with Crippen molar-refractivity contribution in [2.24, 2.45) is 0 Å². The molecule has 21 heavy (non-hydrogen) atoms. The van der Waals surface area contributed by atoms with E-state index in [2.05, 4.69) is 31.2 Å². The second-order valence-electron chi connectivity index (χ2n) is 4.17. The molecule has 2 aromatic rings. The van der Waals surface area contributed by atoms with Gasteiger partial charge in [0.05, 0.1) is 17.6 Å². The summed E-state index contributed by atoms with van der Waals surface area (Å²) in [4.78, 5) is 19.2. The van der Waals surface area contributed by atoms with Crippen LogP contribution in [-0.2, 0) is 6.18 Å². The minimum Gasteiger partial charge on any atom is -0.321 e. The molecule has 0 bridgehead atoms. The molecule has 0 saturated carbocycles. The molecule has 1 amide bonds. The lowest BCUT2D eigenvalue weighted by Crippen LogP contribution is -2.15. The van der Waals surface area contributed by atoms with Crippen LogP contribution in [0.15, 0.2) is 35.1 Å². The summed E-state index contributed by atoms with van der Waals surface area (Å²) in [7, 11) is 0. The second-order valence-corrected chi connectivity index (χ2v) is 5.03. The standard InChI is InChI=1S/C13H9BrF3N3O/c1-7-10(14)5-9(6-19-7)20-12(21)8-2-3-18-11(4-8)13(15,16)17/h2-6H,1H3,(H,20,21). The number of amides is 1. The lowest BCUT2D eigenvalue weighted by Gasteiger charge is -2.09. The topological polar surface area (TPSA) is 54.9 Å². The fraction of sp³-hybridized carbons (Fsp3) is 0.154. The van der Waals surface area contributed by atoms with Crippen molar-refractivity contribution in [1.29, 1.82) is 0 Å². The maximum Gasteiger partial charge on any atom is 0.433 e. The fourth-order valence-corrected chi connectivity index (χ4v) is 1.85. The van der Waals surface area contributed by atoms with Gasteiger partial charge in [-0.05, 0) is 41.1 Å². The average Bonchev–Trinajstić information content (AvgIpc) is 2.42. The highest BCUT2D eigenvalue weighted by atomic mass is 79.9. The lowest BCUT2D eigenvalue weighted by atomic mass is 10.2. The molecule has 0 unspecified atom stereocenters. The number of halogens is 4. The van der Waals surface area contributed by atoms with Gasteiger partial charge >= 0.3 is 6.18 Å². The first kappa shape index (κ1) is 15.4. The van der Waals surface area contributed by atoms with Gasteiger partial charge in [-0.25, -0.2) is 0 Å². The highest BCUT2D eigenvalue weighted by molar-refractivity contribution is 9.10. The summed E-state index contributed by atoms with van der Waals surface area (Å²) in [5.41, 5.74) is -0.133. The number of carbonyl (C=O) groups is 1. The second kappa shape index (κ2) is 5.80. The van der Waals surface area contributed by atoms with Crippen molar-refractivity contribution >= 4 is 27.5 Å². The van der Waals surface area contributed by atoms with E-state index in [1.165, 1.54) is 12.3 Å². The summed E-state index contributed by atoms with van der Waals surface area (Å²) in [6.07, 6.45) is -2.23. The van der Waals surface area contributed by atoms with E-state index >= 15 is 0 Å². The molecule has 0 atom stereocenters.